The van der Waals surface area contributed by atoms with Gasteiger partial charge in [0.25, 0.3) is 0 Å². The van der Waals surface area contributed by atoms with Gasteiger partial charge in [0.1, 0.15) is 11.9 Å². The van der Waals surface area contributed by atoms with E-state index >= 15 is 0 Å². The first-order valence-electron chi connectivity index (χ1n) is 4.77. The van der Waals surface area contributed by atoms with Gasteiger partial charge in [-0.15, -0.1) is 0 Å². The van der Waals surface area contributed by atoms with Crippen molar-refractivity contribution in [1.29, 1.82) is 0 Å². The van der Waals surface area contributed by atoms with Gasteiger partial charge in [0.05, 0.1) is 8.49 Å². The molecule has 0 saturated carbocycles. The molecule has 0 aliphatic carbocycles. The van der Waals surface area contributed by atoms with Crippen molar-refractivity contribution in [3.63, 3.8) is 0 Å². The van der Waals surface area contributed by atoms with Gasteiger partial charge in [0, 0.05) is 0 Å². The highest BCUT2D eigenvalue weighted by Crippen LogP contribution is 2.31. The zero-order chi connectivity index (χ0) is 13.1. The molecule has 18 heavy (non-hydrogen) atoms. The zero-order valence-corrected chi connectivity index (χ0v) is 11.1. The standard InChI is InChI=1S/C10H7IN4O3/c11-6-3-1-2-4-8(6)18-9-7(15(16)17)5-13-10(12)14-9/h1-5H,(H2,12,13,14). The van der Waals surface area contributed by atoms with Gasteiger partial charge in [-0.05, 0) is 34.7 Å². The van der Waals surface area contributed by atoms with Gasteiger partial charge < -0.3 is 10.5 Å². The van der Waals surface area contributed by atoms with Crippen LogP contribution in [0.2, 0.25) is 0 Å². The molecule has 8 heteroatoms. The third-order valence-corrected chi connectivity index (χ3v) is 2.89. The second-order valence-corrected chi connectivity index (χ2v) is 4.37. The first-order chi connectivity index (χ1) is 8.58. The van der Waals surface area contributed by atoms with Crippen LogP contribution in [-0.4, -0.2) is 14.9 Å². The highest BCUT2D eigenvalue weighted by Gasteiger charge is 2.19. The van der Waals surface area contributed by atoms with E-state index in [1.54, 1.807) is 12.1 Å². The van der Waals surface area contributed by atoms with Crippen LogP contribution in [0.15, 0.2) is 30.5 Å². The molecule has 0 spiro atoms. The predicted molar refractivity (Wildman–Crippen MR) is 72.3 cm³/mol. The molecule has 0 amide bonds. The first-order valence-corrected chi connectivity index (χ1v) is 5.85. The smallest absolute Gasteiger partial charge is 0.349 e. The molecule has 7 nitrogen and oxygen atoms in total. The molecular formula is C10H7IN4O3. The molecule has 0 fully saturated rings. The molecule has 0 atom stereocenters. The Kier molecular flexibility index (Phi) is 3.55. The lowest BCUT2D eigenvalue weighted by Crippen LogP contribution is -2.01. The van der Waals surface area contributed by atoms with E-state index in [1.165, 1.54) is 0 Å². The maximum atomic E-state index is 10.8. The summed E-state index contributed by atoms with van der Waals surface area (Å²) >= 11 is 2.06. The normalized spacial score (nSPS) is 10.1. The summed E-state index contributed by atoms with van der Waals surface area (Å²) in [5.41, 5.74) is 5.06. The number of rotatable bonds is 3. The molecule has 2 rings (SSSR count). The molecule has 0 saturated heterocycles. The average Bonchev–Trinajstić information content (AvgIpc) is 2.32. The van der Waals surface area contributed by atoms with Crippen LogP contribution >= 0.6 is 22.6 Å². The maximum Gasteiger partial charge on any atom is 0.349 e. The lowest BCUT2D eigenvalue weighted by molar-refractivity contribution is -0.386. The summed E-state index contributed by atoms with van der Waals surface area (Å²) in [5, 5.41) is 10.8. The second kappa shape index (κ2) is 5.12. The molecule has 1 aromatic carbocycles. The van der Waals surface area contributed by atoms with Crippen LogP contribution in [0.3, 0.4) is 0 Å². The Labute approximate surface area is 115 Å². The third-order valence-electron chi connectivity index (χ3n) is 1.99. The van der Waals surface area contributed by atoms with E-state index in [-0.39, 0.29) is 17.5 Å². The molecular weight excluding hydrogens is 351 g/mol. The summed E-state index contributed by atoms with van der Waals surface area (Å²) in [4.78, 5) is 17.5. The third kappa shape index (κ3) is 2.64. The Morgan fingerprint density at radius 1 is 1.39 bits per heavy atom. The Hall–Kier alpha value is -1.97. The number of ether oxygens (including phenoxy) is 1. The van der Waals surface area contributed by atoms with E-state index in [4.69, 9.17) is 10.5 Å². The van der Waals surface area contributed by atoms with Gasteiger partial charge in [0.2, 0.25) is 5.95 Å². The van der Waals surface area contributed by atoms with Crippen LogP contribution in [0.4, 0.5) is 11.6 Å². The number of benzene rings is 1. The van der Waals surface area contributed by atoms with Gasteiger partial charge in [-0.3, -0.25) is 10.1 Å². The van der Waals surface area contributed by atoms with Crippen molar-refractivity contribution >= 4 is 34.2 Å². The molecule has 0 bridgehead atoms. The number of anilines is 1. The minimum atomic E-state index is -0.620. The maximum absolute atomic E-state index is 10.8. The Bertz CT molecular complexity index is 605. The number of para-hydroxylation sites is 1. The number of aromatic nitrogens is 2. The summed E-state index contributed by atoms with van der Waals surface area (Å²) in [7, 11) is 0. The quantitative estimate of drug-likeness (QED) is 0.513. The first kappa shape index (κ1) is 12.5. The van der Waals surface area contributed by atoms with Crippen LogP contribution < -0.4 is 10.5 Å². The Balaban J connectivity index is 2.42. The molecule has 2 N–H and O–H groups in total. The van der Waals surface area contributed by atoms with Crippen molar-refractivity contribution in [3.8, 4) is 11.6 Å². The fourth-order valence-electron chi connectivity index (χ4n) is 1.20. The van der Waals surface area contributed by atoms with Gasteiger partial charge in [-0.25, -0.2) is 4.98 Å². The lowest BCUT2D eigenvalue weighted by Gasteiger charge is -2.06. The van der Waals surface area contributed by atoms with E-state index in [0.717, 1.165) is 9.77 Å². The number of nitrogens with two attached hydrogens (primary N) is 1. The summed E-state index contributed by atoms with van der Waals surface area (Å²) in [6.45, 7) is 0. The van der Waals surface area contributed by atoms with Gasteiger partial charge in [-0.2, -0.15) is 4.98 Å². The summed E-state index contributed by atoms with van der Waals surface area (Å²) in [5.74, 6) is 0.220. The predicted octanol–water partition coefficient (Wildman–Crippen LogP) is 2.36. The average molecular weight is 358 g/mol. The fourth-order valence-corrected chi connectivity index (χ4v) is 1.70. The lowest BCUT2D eigenvalue weighted by atomic mass is 10.3. The molecule has 0 aliphatic rings. The summed E-state index contributed by atoms with van der Waals surface area (Å²) in [6, 6.07) is 7.08. The van der Waals surface area contributed by atoms with Crippen LogP contribution in [0.1, 0.15) is 0 Å². The molecule has 1 aromatic heterocycles. The number of nitrogens with zero attached hydrogens (tertiary/aromatic N) is 3. The number of halogens is 1. The summed E-state index contributed by atoms with van der Waals surface area (Å²) < 4.78 is 6.21. The topological polar surface area (TPSA) is 104 Å². The van der Waals surface area contributed by atoms with Crippen molar-refractivity contribution in [2.24, 2.45) is 0 Å². The SMILES string of the molecule is Nc1ncc([N+](=O)[O-])c(Oc2ccccc2I)n1. The summed E-state index contributed by atoms with van der Waals surface area (Å²) in [6.07, 6.45) is 1.02. The number of nitrogen functional groups attached to an aromatic ring is 1. The van der Waals surface area contributed by atoms with Crippen LogP contribution in [-0.2, 0) is 0 Å². The fraction of sp³-hybridized carbons (Fsp3) is 0. The van der Waals surface area contributed by atoms with Crippen molar-refractivity contribution in [3.05, 3.63) is 44.1 Å². The largest absolute Gasteiger partial charge is 0.432 e. The second-order valence-electron chi connectivity index (χ2n) is 3.21. The highest BCUT2D eigenvalue weighted by molar-refractivity contribution is 14.1. The zero-order valence-electron chi connectivity index (χ0n) is 8.91. The van der Waals surface area contributed by atoms with Crippen molar-refractivity contribution < 1.29 is 9.66 Å². The molecule has 0 unspecified atom stereocenters. The Morgan fingerprint density at radius 3 is 2.78 bits per heavy atom. The monoisotopic (exact) mass is 358 g/mol. The van der Waals surface area contributed by atoms with E-state index in [9.17, 15) is 10.1 Å². The van der Waals surface area contributed by atoms with Crippen LogP contribution in [0.5, 0.6) is 11.6 Å². The Morgan fingerprint density at radius 2 is 2.11 bits per heavy atom. The van der Waals surface area contributed by atoms with Crippen LogP contribution in [0, 0.1) is 13.7 Å². The van der Waals surface area contributed by atoms with Gasteiger partial charge in [-0.1, -0.05) is 12.1 Å². The van der Waals surface area contributed by atoms with Crippen molar-refractivity contribution in [2.75, 3.05) is 5.73 Å². The minimum absolute atomic E-state index is 0.0819. The number of hydrogen-bond donors (Lipinski definition) is 1. The molecule has 92 valence electrons. The minimum Gasteiger partial charge on any atom is -0.432 e. The van der Waals surface area contributed by atoms with E-state index < -0.39 is 4.92 Å². The van der Waals surface area contributed by atoms with E-state index in [0.29, 0.717) is 5.75 Å². The molecule has 1 heterocycles. The number of nitro groups is 1. The van der Waals surface area contributed by atoms with E-state index in [2.05, 4.69) is 32.6 Å². The van der Waals surface area contributed by atoms with E-state index in [1.807, 2.05) is 12.1 Å². The molecule has 2 aromatic rings. The molecule has 0 radical (unpaired) electrons. The van der Waals surface area contributed by atoms with Crippen LogP contribution in [0.25, 0.3) is 0 Å². The highest BCUT2D eigenvalue weighted by atomic mass is 127. The van der Waals surface area contributed by atoms with Gasteiger partial charge in [0.15, 0.2) is 0 Å². The van der Waals surface area contributed by atoms with Crippen molar-refractivity contribution in [2.45, 2.75) is 0 Å². The van der Waals surface area contributed by atoms with Crippen molar-refractivity contribution in [1.82, 2.24) is 9.97 Å². The van der Waals surface area contributed by atoms with Gasteiger partial charge >= 0.3 is 11.6 Å². The number of hydrogen-bond acceptors (Lipinski definition) is 6. The molecule has 0 aliphatic heterocycles.